The highest BCUT2D eigenvalue weighted by Gasteiger charge is 2.32. The molecule has 82 valence electrons. The number of nitrogens with two attached hydrogens (primary N) is 1. The molecule has 2 fully saturated rings. The lowest BCUT2D eigenvalue weighted by atomic mass is 9.78. The first-order valence-corrected chi connectivity index (χ1v) is 6.25. The van der Waals surface area contributed by atoms with Crippen molar-refractivity contribution in [3.05, 3.63) is 0 Å². The van der Waals surface area contributed by atoms with Gasteiger partial charge in [-0.15, -0.1) is 0 Å². The Morgan fingerprint density at radius 3 is 2.57 bits per heavy atom. The Labute approximate surface area is 87.8 Å². The lowest BCUT2D eigenvalue weighted by Gasteiger charge is -2.43. The van der Waals surface area contributed by atoms with Gasteiger partial charge in [0.25, 0.3) is 0 Å². The van der Waals surface area contributed by atoms with Crippen LogP contribution in [0.4, 0.5) is 0 Å². The molecular weight excluding hydrogens is 172 g/mol. The van der Waals surface area contributed by atoms with Gasteiger partial charge in [0.15, 0.2) is 0 Å². The fraction of sp³-hybridized carbons (Fsp3) is 1.00. The molecule has 1 aliphatic carbocycles. The first-order valence-electron chi connectivity index (χ1n) is 6.25. The Morgan fingerprint density at radius 1 is 1.29 bits per heavy atom. The summed E-state index contributed by atoms with van der Waals surface area (Å²) in [7, 11) is 0. The first-order chi connectivity index (χ1) is 6.81. The minimum Gasteiger partial charge on any atom is -0.329 e. The molecule has 2 atom stereocenters. The fourth-order valence-electron chi connectivity index (χ4n) is 2.99. The second-order valence-corrected chi connectivity index (χ2v) is 5.24. The van der Waals surface area contributed by atoms with Crippen molar-refractivity contribution in [2.45, 2.75) is 45.1 Å². The summed E-state index contributed by atoms with van der Waals surface area (Å²) in [5.74, 6) is 1.81. The number of hydrogen-bond donors (Lipinski definition) is 1. The van der Waals surface area contributed by atoms with Gasteiger partial charge in [0.2, 0.25) is 0 Å². The summed E-state index contributed by atoms with van der Waals surface area (Å²) in [5.41, 5.74) is 5.92. The maximum Gasteiger partial charge on any atom is 0.0246 e. The summed E-state index contributed by atoms with van der Waals surface area (Å²) in [5, 5.41) is 0. The van der Waals surface area contributed by atoms with E-state index < -0.39 is 0 Å². The van der Waals surface area contributed by atoms with Crippen molar-refractivity contribution >= 4 is 0 Å². The van der Waals surface area contributed by atoms with Crippen molar-refractivity contribution in [2.75, 3.05) is 19.6 Å². The van der Waals surface area contributed by atoms with E-state index >= 15 is 0 Å². The quantitative estimate of drug-likeness (QED) is 0.746. The fourth-order valence-corrected chi connectivity index (χ4v) is 2.99. The van der Waals surface area contributed by atoms with Crippen LogP contribution < -0.4 is 5.73 Å². The monoisotopic (exact) mass is 196 g/mol. The molecule has 1 heterocycles. The Hall–Kier alpha value is -0.0800. The molecule has 0 aromatic heterocycles. The van der Waals surface area contributed by atoms with Crippen LogP contribution >= 0.6 is 0 Å². The molecule has 2 aliphatic rings. The predicted octanol–water partition coefficient (Wildman–Crippen LogP) is 1.85. The summed E-state index contributed by atoms with van der Waals surface area (Å²) in [6, 6.07) is 0.700. The number of nitrogens with zero attached hydrogens (tertiary/aromatic N) is 1. The maximum atomic E-state index is 5.92. The van der Waals surface area contributed by atoms with Gasteiger partial charge in [0.1, 0.15) is 0 Å². The Balaban J connectivity index is 1.89. The molecule has 1 saturated heterocycles. The van der Waals surface area contributed by atoms with Crippen molar-refractivity contribution in [3.8, 4) is 0 Å². The van der Waals surface area contributed by atoms with E-state index in [9.17, 15) is 0 Å². The topological polar surface area (TPSA) is 29.3 Å². The minimum absolute atomic E-state index is 0.700. The van der Waals surface area contributed by atoms with E-state index in [0.717, 1.165) is 18.4 Å². The smallest absolute Gasteiger partial charge is 0.0246 e. The average molecular weight is 196 g/mol. The van der Waals surface area contributed by atoms with Crippen molar-refractivity contribution in [1.29, 1.82) is 0 Å². The molecule has 14 heavy (non-hydrogen) atoms. The highest BCUT2D eigenvalue weighted by atomic mass is 15.2. The van der Waals surface area contributed by atoms with Gasteiger partial charge in [0, 0.05) is 19.1 Å². The second-order valence-electron chi connectivity index (χ2n) is 5.24. The van der Waals surface area contributed by atoms with Gasteiger partial charge in [-0.05, 0) is 44.1 Å². The van der Waals surface area contributed by atoms with Crippen LogP contribution in [0, 0.1) is 11.8 Å². The molecule has 2 heteroatoms. The van der Waals surface area contributed by atoms with E-state index in [1.54, 1.807) is 0 Å². The van der Waals surface area contributed by atoms with Crippen LogP contribution in [-0.2, 0) is 0 Å². The van der Waals surface area contributed by atoms with Gasteiger partial charge in [-0.3, -0.25) is 4.90 Å². The van der Waals surface area contributed by atoms with Gasteiger partial charge >= 0.3 is 0 Å². The van der Waals surface area contributed by atoms with Gasteiger partial charge in [0.05, 0.1) is 0 Å². The average Bonchev–Trinajstić information content (AvgIpc) is 2.10. The van der Waals surface area contributed by atoms with Gasteiger partial charge in [-0.1, -0.05) is 13.3 Å². The zero-order chi connectivity index (χ0) is 9.97. The van der Waals surface area contributed by atoms with Crippen molar-refractivity contribution in [2.24, 2.45) is 17.6 Å². The van der Waals surface area contributed by atoms with E-state index in [0.29, 0.717) is 6.04 Å². The molecule has 1 saturated carbocycles. The highest BCUT2D eigenvalue weighted by molar-refractivity contribution is 4.87. The van der Waals surface area contributed by atoms with E-state index in [-0.39, 0.29) is 0 Å². The SMILES string of the molecule is CC1CCCN(C(CN)C2CCC2)C1. The van der Waals surface area contributed by atoms with Gasteiger partial charge < -0.3 is 5.73 Å². The van der Waals surface area contributed by atoms with Crippen LogP contribution in [0.3, 0.4) is 0 Å². The van der Waals surface area contributed by atoms with E-state index in [2.05, 4.69) is 11.8 Å². The predicted molar refractivity (Wildman–Crippen MR) is 60.2 cm³/mol. The third kappa shape index (κ3) is 2.12. The van der Waals surface area contributed by atoms with Crippen molar-refractivity contribution in [3.63, 3.8) is 0 Å². The lowest BCUT2D eigenvalue weighted by Crippen LogP contribution is -2.51. The molecule has 2 rings (SSSR count). The van der Waals surface area contributed by atoms with E-state index in [4.69, 9.17) is 5.73 Å². The van der Waals surface area contributed by atoms with Crippen LogP contribution in [0.25, 0.3) is 0 Å². The molecule has 0 aromatic rings. The van der Waals surface area contributed by atoms with Gasteiger partial charge in [-0.2, -0.15) is 0 Å². The standard InChI is InChI=1S/C12H24N2/c1-10-4-3-7-14(9-10)12(8-13)11-5-2-6-11/h10-12H,2-9,13H2,1H3. The zero-order valence-corrected chi connectivity index (χ0v) is 9.41. The third-order valence-corrected chi connectivity index (χ3v) is 4.09. The summed E-state index contributed by atoms with van der Waals surface area (Å²) >= 11 is 0. The van der Waals surface area contributed by atoms with Crippen molar-refractivity contribution < 1.29 is 0 Å². The Morgan fingerprint density at radius 2 is 2.07 bits per heavy atom. The highest BCUT2D eigenvalue weighted by Crippen LogP contribution is 2.33. The molecule has 0 radical (unpaired) electrons. The molecule has 2 nitrogen and oxygen atoms in total. The normalized spacial score (nSPS) is 32.6. The number of rotatable bonds is 3. The van der Waals surface area contributed by atoms with Gasteiger partial charge in [-0.25, -0.2) is 0 Å². The summed E-state index contributed by atoms with van der Waals surface area (Å²) in [4.78, 5) is 2.66. The Bertz CT molecular complexity index is 177. The zero-order valence-electron chi connectivity index (χ0n) is 9.41. The Kier molecular flexibility index (Phi) is 3.45. The van der Waals surface area contributed by atoms with Crippen LogP contribution in [0.1, 0.15) is 39.0 Å². The lowest BCUT2D eigenvalue weighted by molar-refractivity contribution is 0.0653. The molecule has 2 N–H and O–H groups in total. The first kappa shape index (κ1) is 10.4. The number of hydrogen-bond acceptors (Lipinski definition) is 2. The largest absolute Gasteiger partial charge is 0.329 e. The molecule has 0 aromatic carbocycles. The molecular formula is C12H24N2. The maximum absolute atomic E-state index is 5.92. The van der Waals surface area contributed by atoms with Crippen molar-refractivity contribution in [1.82, 2.24) is 4.90 Å². The number of likely N-dealkylation sites (tertiary alicyclic amines) is 1. The molecule has 1 aliphatic heterocycles. The second kappa shape index (κ2) is 4.63. The van der Waals surface area contributed by atoms with Crippen LogP contribution in [0.5, 0.6) is 0 Å². The third-order valence-electron chi connectivity index (χ3n) is 4.09. The summed E-state index contributed by atoms with van der Waals surface area (Å²) < 4.78 is 0. The van der Waals surface area contributed by atoms with Crippen LogP contribution in [-0.4, -0.2) is 30.6 Å². The molecule has 2 unspecified atom stereocenters. The minimum atomic E-state index is 0.700. The van der Waals surface area contributed by atoms with Crippen LogP contribution in [0.15, 0.2) is 0 Å². The molecule has 0 amide bonds. The number of piperidine rings is 1. The molecule has 0 bridgehead atoms. The van der Waals surface area contributed by atoms with E-state index in [1.807, 2.05) is 0 Å². The van der Waals surface area contributed by atoms with E-state index in [1.165, 1.54) is 45.2 Å². The summed E-state index contributed by atoms with van der Waals surface area (Å²) in [6.45, 7) is 5.83. The molecule has 0 spiro atoms. The van der Waals surface area contributed by atoms with Crippen LogP contribution in [0.2, 0.25) is 0 Å². The summed E-state index contributed by atoms with van der Waals surface area (Å²) in [6.07, 6.45) is 7.08.